The number of nitrogens with zero attached hydrogens (tertiary/aromatic N) is 3. The first-order valence-electron chi connectivity index (χ1n) is 7.29. The summed E-state index contributed by atoms with van der Waals surface area (Å²) in [5, 5.41) is 7.78. The molecule has 104 valence electrons. The van der Waals surface area contributed by atoms with Crippen LogP contribution in [0.5, 0.6) is 0 Å². The van der Waals surface area contributed by atoms with Gasteiger partial charge in [0.15, 0.2) is 0 Å². The van der Waals surface area contributed by atoms with Crippen molar-refractivity contribution in [1.29, 1.82) is 0 Å². The average molecular weight is 252 g/mol. The Kier molecular flexibility index (Phi) is 6.94. The van der Waals surface area contributed by atoms with Gasteiger partial charge in [-0.3, -0.25) is 4.68 Å². The van der Waals surface area contributed by atoms with E-state index in [9.17, 15) is 0 Å². The van der Waals surface area contributed by atoms with Crippen molar-refractivity contribution in [1.82, 2.24) is 20.1 Å². The van der Waals surface area contributed by atoms with Crippen molar-refractivity contribution in [3.05, 3.63) is 12.2 Å². The SMILES string of the molecule is CCCCC(CC)C(Cc1ncnn1C)NCC. The number of rotatable bonds is 9. The maximum atomic E-state index is 4.35. The third-order valence-corrected chi connectivity index (χ3v) is 3.70. The molecule has 1 rings (SSSR count). The van der Waals surface area contributed by atoms with Crippen LogP contribution in [0.25, 0.3) is 0 Å². The smallest absolute Gasteiger partial charge is 0.138 e. The van der Waals surface area contributed by atoms with E-state index >= 15 is 0 Å². The molecule has 0 aliphatic heterocycles. The van der Waals surface area contributed by atoms with E-state index in [0.29, 0.717) is 6.04 Å². The minimum absolute atomic E-state index is 0.523. The van der Waals surface area contributed by atoms with Crippen molar-refractivity contribution >= 4 is 0 Å². The molecule has 0 fully saturated rings. The molecule has 18 heavy (non-hydrogen) atoms. The number of aromatic nitrogens is 3. The van der Waals surface area contributed by atoms with Gasteiger partial charge in [0.05, 0.1) is 0 Å². The summed E-state index contributed by atoms with van der Waals surface area (Å²) in [4.78, 5) is 4.35. The summed E-state index contributed by atoms with van der Waals surface area (Å²) in [6, 6.07) is 0.523. The molecule has 1 aromatic rings. The summed E-state index contributed by atoms with van der Waals surface area (Å²) >= 11 is 0. The topological polar surface area (TPSA) is 42.7 Å². The van der Waals surface area contributed by atoms with E-state index in [1.54, 1.807) is 6.33 Å². The van der Waals surface area contributed by atoms with Gasteiger partial charge in [-0.15, -0.1) is 0 Å². The Morgan fingerprint density at radius 3 is 2.61 bits per heavy atom. The molecular formula is C14H28N4. The predicted octanol–water partition coefficient (Wildman–Crippen LogP) is 2.55. The zero-order chi connectivity index (χ0) is 13.4. The third-order valence-electron chi connectivity index (χ3n) is 3.70. The molecular weight excluding hydrogens is 224 g/mol. The van der Waals surface area contributed by atoms with Gasteiger partial charge in [-0.1, -0.05) is 40.0 Å². The summed E-state index contributed by atoms with van der Waals surface area (Å²) in [6.07, 6.45) is 7.76. The molecule has 1 N–H and O–H groups in total. The van der Waals surface area contributed by atoms with E-state index in [-0.39, 0.29) is 0 Å². The first-order valence-corrected chi connectivity index (χ1v) is 7.29. The normalized spacial score (nSPS) is 14.7. The molecule has 0 saturated carbocycles. The highest BCUT2D eigenvalue weighted by Gasteiger charge is 2.20. The lowest BCUT2D eigenvalue weighted by Gasteiger charge is -2.26. The maximum Gasteiger partial charge on any atom is 0.138 e. The standard InChI is InChI=1S/C14H28N4/c1-5-8-9-12(6-2)13(15-7-3)10-14-16-11-17-18(14)4/h11-13,15H,5-10H2,1-4H3. The Labute approximate surface area is 111 Å². The third kappa shape index (κ3) is 4.41. The fourth-order valence-electron chi connectivity index (χ4n) is 2.53. The molecule has 0 bridgehead atoms. The second-order valence-electron chi connectivity index (χ2n) is 4.98. The monoisotopic (exact) mass is 252 g/mol. The Bertz CT molecular complexity index is 321. The van der Waals surface area contributed by atoms with Gasteiger partial charge in [-0.2, -0.15) is 5.10 Å². The fourth-order valence-corrected chi connectivity index (χ4v) is 2.53. The van der Waals surface area contributed by atoms with Crippen LogP contribution in [0.15, 0.2) is 6.33 Å². The number of likely N-dealkylation sites (N-methyl/N-ethyl adjacent to an activating group) is 1. The lowest BCUT2D eigenvalue weighted by Crippen LogP contribution is -2.38. The lowest BCUT2D eigenvalue weighted by atomic mass is 9.89. The van der Waals surface area contributed by atoms with Gasteiger partial charge in [0, 0.05) is 19.5 Å². The van der Waals surface area contributed by atoms with Crippen LogP contribution in [0, 0.1) is 5.92 Å². The number of hydrogen-bond donors (Lipinski definition) is 1. The van der Waals surface area contributed by atoms with Gasteiger partial charge in [-0.05, 0) is 18.9 Å². The van der Waals surface area contributed by atoms with E-state index in [0.717, 1.165) is 24.7 Å². The minimum atomic E-state index is 0.523. The van der Waals surface area contributed by atoms with Gasteiger partial charge >= 0.3 is 0 Å². The molecule has 0 amide bonds. The highest BCUT2D eigenvalue weighted by molar-refractivity contribution is 4.91. The molecule has 4 nitrogen and oxygen atoms in total. The Balaban J connectivity index is 2.64. The molecule has 0 aliphatic carbocycles. The Morgan fingerprint density at radius 2 is 2.11 bits per heavy atom. The average Bonchev–Trinajstić information content (AvgIpc) is 2.76. The van der Waals surface area contributed by atoms with Gasteiger partial charge in [0.25, 0.3) is 0 Å². The van der Waals surface area contributed by atoms with Crippen LogP contribution >= 0.6 is 0 Å². The summed E-state index contributed by atoms with van der Waals surface area (Å²) < 4.78 is 1.89. The predicted molar refractivity (Wildman–Crippen MR) is 75.5 cm³/mol. The number of unbranched alkanes of at least 4 members (excludes halogenated alkanes) is 1. The van der Waals surface area contributed by atoms with Gasteiger partial charge in [-0.25, -0.2) is 4.98 Å². The zero-order valence-electron chi connectivity index (χ0n) is 12.3. The lowest BCUT2D eigenvalue weighted by molar-refractivity contribution is 0.313. The van der Waals surface area contributed by atoms with Crippen LogP contribution in [0.4, 0.5) is 0 Å². The number of nitrogens with one attached hydrogen (secondary N) is 1. The largest absolute Gasteiger partial charge is 0.314 e. The number of hydrogen-bond acceptors (Lipinski definition) is 3. The van der Waals surface area contributed by atoms with Crippen LogP contribution in [0.1, 0.15) is 52.3 Å². The highest BCUT2D eigenvalue weighted by Crippen LogP contribution is 2.19. The summed E-state index contributed by atoms with van der Waals surface area (Å²) in [5.74, 6) is 1.82. The first kappa shape index (κ1) is 15.2. The molecule has 2 atom stereocenters. The van der Waals surface area contributed by atoms with Crippen LogP contribution in [0.2, 0.25) is 0 Å². The van der Waals surface area contributed by atoms with E-state index in [1.807, 2.05) is 11.7 Å². The first-order chi connectivity index (χ1) is 8.72. The molecule has 0 aliphatic rings. The molecule has 2 unspecified atom stereocenters. The summed E-state index contributed by atoms with van der Waals surface area (Å²) in [6.45, 7) is 7.75. The van der Waals surface area contributed by atoms with E-state index in [4.69, 9.17) is 0 Å². The second kappa shape index (κ2) is 8.25. The zero-order valence-corrected chi connectivity index (χ0v) is 12.3. The second-order valence-corrected chi connectivity index (χ2v) is 4.98. The van der Waals surface area contributed by atoms with Crippen molar-refractivity contribution in [2.75, 3.05) is 6.54 Å². The Hall–Kier alpha value is -0.900. The molecule has 1 aromatic heterocycles. The molecule has 0 spiro atoms. The molecule has 0 radical (unpaired) electrons. The van der Waals surface area contributed by atoms with Crippen LogP contribution in [0.3, 0.4) is 0 Å². The maximum absolute atomic E-state index is 4.35. The highest BCUT2D eigenvalue weighted by atomic mass is 15.3. The van der Waals surface area contributed by atoms with E-state index in [1.165, 1.54) is 25.7 Å². The van der Waals surface area contributed by atoms with Gasteiger partial charge in [0.1, 0.15) is 12.2 Å². The Morgan fingerprint density at radius 1 is 1.33 bits per heavy atom. The summed E-state index contributed by atoms with van der Waals surface area (Å²) in [7, 11) is 1.97. The van der Waals surface area contributed by atoms with Gasteiger partial charge < -0.3 is 5.32 Å². The van der Waals surface area contributed by atoms with Crippen molar-refractivity contribution in [3.63, 3.8) is 0 Å². The molecule has 0 aromatic carbocycles. The van der Waals surface area contributed by atoms with Crippen molar-refractivity contribution < 1.29 is 0 Å². The number of aryl methyl sites for hydroxylation is 1. The quantitative estimate of drug-likeness (QED) is 0.734. The van der Waals surface area contributed by atoms with Crippen LogP contribution < -0.4 is 5.32 Å². The van der Waals surface area contributed by atoms with Gasteiger partial charge in [0.2, 0.25) is 0 Å². The minimum Gasteiger partial charge on any atom is -0.314 e. The van der Waals surface area contributed by atoms with Crippen molar-refractivity contribution in [2.45, 2.75) is 58.9 Å². The van der Waals surface area contributed by atoms with E-state index in [2.05, 4.69) is 36.2 Å². The van der Waals surface area contributed by atoms with Crippen LogP contribution in [-0.4, -0.2) is 27.4 Å². The fraction of sp³-hybridized carbons (Fsp3) is 0.857. The van der Waals surface area contributed by atoms with Crippen molar-refractivity contribution in [3.8, 4) is 0 Å². The summed E-state index contributed by atoms with van der Waals surface area (Å²) in [5.41, 5.74) is 0. The molecule has 1 heterocycles. The van der Waals surface area contributed by atoms with Crippen molar-refractivity contribution in [2.24, 2.45) is 13.0 Å². The molecule has 0 saturated heterocycles. The van der Waals surface area contributed by atoms with E-state index < -0.39 is 0 Å². The van der Waals surface area contributed by atoms with Crippen LogP contribution in [-0.2, 0) is 13.5 Å². The molecule has 4 heteroatoms.